The number of carbonyl (C=O) groups is 1. The molecule has 1 aromatic heterocycles. The minimum Gasteiger partial charge on any atom is -0.444 e. The van der Waals surface area contributed by atoms with Gasteiger partial charge in [-0.1, -0.05) is 5.16 Å². The molecule has 1 saturated heterocycles. The van der Waals surface area contributed by atoms with Crippen molar-refractivity contribution >= 4 is 6.09 Å². The zero-order chi connectivity index (χ0) is 13.4. The van der Waals surface area contributed by atoms with Crippen molar-refractivity contribution in [1.82, 2.24) is 10.1 Å². The number of nitrogens with two attached hydrogens (primary N) is 1. The Kier molecular flexibility index (Phi) is 3.06. The van der Waals surface area contributed by atoms with Crippen LogP contribution < -0.4 is 5.73 Å². The summed E-state index contributed by atoms with van der Waals surface area (Å²) in [7, 11) is 0. The van der Waals surface area contributed by atoms with E-state index in [4.69, 9.17) is 15.0 Å². The van der Waals surface area contributed by atoms with Crippen molar-refractivity contribution in [1.29, 1.82) is 0 Å². The predicted molar refractivity (Wildman–Crippen MR) is 65.0 cm³/mol. The molecule has 1 fully saturated rings. The van der Waals surface area contributed by atoms with Crippen LogP contribution in [-0.4, -0.2) is 41.4 Å². The van der Waals surface area contributed by atoms with E-state index in [0.717, 1.165) is 5.69 Å². The maximum atomic E-state index is 11.8. The maximum Gasteiger partial charge on any atom is 0.410 e. The van der Waals surface area contributed by atoms with E-state index in [-0.39, 0.29) is 11.5 Å². The lowest BCUT2D eigenvalue weighted by Gasteiger charge is -2.48. The Balaban J connectivity index is 1.98. The van der Waals surface area contributed by atoms with Crippen molar-refractivity contribution in [2.24, 2.45) is 5.73 Å². The fourth-order valence-corrected chi connectivity index (χ4v) is 2.02. The molecule has 0 aliphatic carbocycles. The van der Waals surface area contributed by atoms with Crippen molar-refractivity contribution in [3.8, 4) is 0 Å². The summed E-state index contributed by atoms with van der Waals surface area (Å²) in [5.41, 5.74) is 5.82. The Morgan fingerprint density at radius 2 is 2.28 bits per heavy atom. The highest BCUT2D eigenvalue weighted by Gasteiger charge is 2.48. The second kappa shape index (κ2) is 4.28. The fraction of sp³-hybridized carbons (Fsp3) is 0.667. The Morgan fingerprint density at radius 3 is 2.72 bits per heavy atom. The maximum absolute atomic E-state index is 11.8. The highest BCUT2D eigenvalue weighted by atomic mass is 16.6. The molecule has 2 N–H and O–H groups in total. The molecule has 6 heteroatoms. The van der Waals surface area contributed by atoms with Gasteiger partial charge in [-0.05, 0) is 20.8 Å². The molecule has 0 bridgehead atoms. The van der Waals surface area contributed by atoms with E-state index in [0.29, 0.717) is 19.6 Å². The zero-order valence-corrected chi connectivity index (χ0v) is 11.0. The van der Waals surface area contributed by atoms with E-state index in [2.05, 4.69) is 5.16 Å². The third-order valence-corrected chi connectivity index (χ3v) is 3.01. The van der Waals surface area contributed by atoms with Crippen LogP contribution >= 0.6 is 0 Å². The molecular weight excluding hydrogens is 234 g/mol. The molecule has 0 atom stereocenters. The Bertz CT molecular complexity index is 416. The zero-order valence-electron chi connectivity index (χ0n) is 11.0. The average Bonchev–Trinajstić information content (AvgIpc) is 2.67. The molecule has 18 heavy (non-hydrogen) atoms. The largest absolute Gasteiger partial charge is 0.444 e. The van der Waals surface area contributed by atoms with Crippen molar-refractivity contribution in [3.05, 3.63) is 18.0 Å². The van der Waals surface area contributed by atoms with Gasteiger partial charge in [0, 0.05) is 25.7 Å². The normalized spacial score (nSPS) is 18.3. The van der Waals surface area contributed by atoms with Crippen molar-refractivity contribution in [2.75, 3.05) is 19.6 Å². The van der Waals surface area contributed by atoms with E-state index in [1.807, 2.05) is 20.8 Å². The van der Waals surface area contributed by atoms with E-state index in [1.165, 1.54) is 6.26 Å². The van der Waals surface area contributed by atoms with Crippen LogP contribution in [0.3, 0.4) is 0 Å². The molecule has 2 heterocycles. The van der Waals surface area contributed by atoms with Crippen LogP contribution in [0.4, 0.5) is 4.79 Å². The molecule has 100 valence electrons. The van der Waals surface area contributed by atoms with Gasteiger partial charge in [0.05, 0.1) is 11.1 Å². The highest BCUT2D eigenvalue weighted by molar-refractivity contribution is 5.70. The topological polar surface area (TPSA) is 81.6 Å². The molecule has 1 aliphatic heterocycles. The standard InChI is InChI=1S/C12H19N3O3/c1-11(2,3)18-10(16)15-7-12(6-13,8-15)9-4-5-17-14-9/h4-5H,6-8,13H2,1-3H3. The van der Waals surface area contributed by atoms with Crippen LogP contribution in [0.5, 0.6) is 0 Å². The molecular formula is C12H19N3O3. The first-order valence-electron chi connectivity index (χ1n) is 5.95. The summed E-state index contributed by atoms with van der Waals surface area (Å²) in [5, 5.41) is 3.92. The number of hydrogen-bond acceptors (Lipinski definition) is 5. The molecule has 0 aromatic carbocycles. The van der Waals surface area contributed by atoms with E-state index in [9.17, 15) is 4.79 Å². The van der Waals surface area contributed by atoms with Crippen molar-refractivity contribution < 1.29 is 14.1 Å². The highest BCUT2D eigenvalue weighted by Crippen LogP contribution is 2.33. The lowest BCUT2D eigenvalue weighted by atomic mass is 9.77. The third kappa shape index (κ3) is 2.33. The first kappa shape index (κ1) is 12.9. The fourth-order valence-electron chi connectivity index (χ4n) is 2.02. The third-order valence-electron chi connectivity index (χ3n) is 3.01. The molecule has 0 spiro atoms. The number of ether oxygens (including phenoxy) is 1. The van der Waals surface area contributed by atoms with Crippen LogP contribution in [0.1, 0.15) is 26.5 Å². The first-order chi connectivity index (χ1) is 8.36. The van der Waals surface area contributed by atoms with Crippen LogP contribution in [0.15, 0.2) is 16.9 Å². The van der Waals surface area contributed by atoms with Crippen molar-refractivity contribution in [3.63, 3.8) is 0 Å². The van der Waals surface area contributed by atoms with Gasteiger partial charge in [0.15, 0.2) is 0 Å². The van der Waals surface area contributed by atoms with Gasteiger partial charge in [0.2, 0.25) is 0 Å². The van der Waals surface area contributed by atoms with E-state index < -0.39 is 5.60 Å². The first-order valence-corrected chi connectivity index (χ1v) is 5.95. The van der Waals surface area contributed by atoms with Crippen LogP contribution in [-0.2, 0) is 10.2 Å². The molecule has 0 radical (unpaired) electrons. The summed E-state index contributed by atoms with van der Waals surface area (Å²) in [6.07, 6.45) is 1.21. The number of amides is 1. The Labute approximate surface area is 106 Å². The monoisotopic (exact) mass is 253 g/mol. The predicted octanol–water partition coefficient (Wildman–Crippen LogP) is 1.12. The van der Waals surface area contributed by atoms with E-state index in [1.54, 1.807) is 11.0 Å². The van der Waals surface area contributed by atoms with Gasteiger partial charge < -0.3 is 19.9 Å². The molecule has 0 saturated carbocycles. The lowest BCUT2D eigenvalue weighted by Crippen LogP contribution is -2.65. The number of aromatic nitrogens is 1. The summed E-state index contributed by atoms with van der Waals surface area (Å²) in [6.45, 7) is 7.00. The second-order valence-electron chi connectivity index (χ2n) is 5.71. The minimum atomic E-state index is -0.480. The molecule has 2 rings (SSSR count). The number of hydrogen-bond donors (Lipinski definition) is 1. The number of carbonyl (C=O) groups excluding carboxylic acids is 1. The van der Waals surface area contributed by atoms with Crippen LogP contribution in [0, 0.1) is 0 Å². The Hall–Kier alpha value is -1.56. The average molecular weight is 253 g/mol. The van der Waals surface area contributed by atoms with Crippen molar-refractivity contribution in [2.45, 2.75) is 31.8 Å². The van der Waals surface area contributed by atoms with Gasteiger partial charge in [-0.3, -0.25) is 0 Å². The quantitative estimate of drug-likeness (QED) is 0.854. The lowest BCUT2D eigenvalue weighted by molar-refractivity contribution is -0.00952. The Morgan fingerprint density at radius 1 is 1.61 bits per heavy atom. The van der Waals surface area contributed by atoms with Gasteiger partial charge in [-0.2, -0.15) is 0 Å². The summed E-state index contributed by atoms with van der Waals surface area (Å²) >= 11 is 0. The molecule has 1 amide bonds. The number of likely N-dealkylation sites (tertiary alicyclic amines) is 1. The SMILES string of the molecule is CC(C)(C)OC(=O)N1CC(CN)(c2ccon2)C1. The summed E-state index contributed by atoms with van der Waals surface area (Å²) in [4.78, 5) is 13.5. The minimum absolute atomic E-state index is 0.288. The number of rotatable bonds is 2. The van der Waals surface area contributed by atoms with Gasteiger partial charge in [0.1, 0.15) is 11.9 Å². The van der Waals surface area contributed by atoms with Gasteiger partial charge in [-0.25, -0.2) is 4.79 Å². The summed E-state index contributed by atoms with van der Waals surface area (Å²) < 4.78 is 10.1. The molecule has 0 unspecified atom stereocenters. The van der Waals surface area contributed by atoms with E-state index >= 15 is 0 Å². The van der Waals surface area contributed by atoms with Gasteiger partial charge in [-0.15, -0.1) is 0 Å². The van der Waals surface area contributed by atoms with Gasteiger partial charge in [0.25, 0.3) is 0 Å². The number of nitrogens with zero attached hydrogens (tertiary/aromatic N) is 2. The van der Waals surface area contributed by atoms with Crippen LogP contribution in [0.25, 0.3) is 0 Å². The summed E-state index contributed by atoms with van der Waals surface area (Å²) in [6, 6.07) is 1.79. The molecule has 1 aliphatic rings. The second-order valence-corrected chi connectivity index (χ2v) is 5.71. The molecule has 6 nitrogen and oxygen atoms in total. The van der Waals surface area contributed by atoms with Crippen LogP contribution in [0.2, 0.25) is 0 Å². The smallest absolute Gasteiger partial charge is 0.410 e. The summed E-state index contributed by atoms with van der Waals surface area (Å²) in [5.74, 6) is 0. The molecule has 1 aromatic rings. The van der Waals surface area contributed by atoms with Gasteiger partial charge >= 0.3 is 6.09 Å².